The molecule has 0 aliphatic rings. The Morgan fingerprint density at radius 1 is 0.154 bits per heavy atom. The molecule has 2 nitrogen and oxygen atoms in total. The number of fused-ring (bicyclic) bond motifs is 2. The minimum Gasteiger partial charge on any atom is -0.309 e. The van der Waals surface area contributed by atoms with Crippen LogP contribution >= 0.6 is 0 Å². The third kappa shape index (κ3) is 13.0. The topological polar surface area (TPSA) is 9.86 Å². The summed E-state index contributed by atoms with van der Waals surface area (Å²) in [5, 5.41) is 2.35. The second-order valence-corrected chi connectivity index (χ2v) is 26.2. The van der Waals surface area contributed by atoms with Gasteiger partial charge in [-0.1, -0.05) is 340 Å². The molecule has 0 spiro atoms. The molecular weight excluding hydrogens is 1270 g/mol. The maximum Gasteiger partial charge on any atom is 0.123 e. The zero-order chi connectivity index (χ0) is 69.7. The minimum atomic E-state index is -0.238. The van der Waals surface area contributed by atoms with Crippen LogP contribution in [0.15, 0.2) is 413 Å². The summed E-state index contributed by atoms with van der Waals surface area (Å²) in [5.74, 6) is -0.472. The third-order valence-electron chi connectivity index (χ3n) is 19.8. The Hall–Kier alpha value is -13.5. The number of nitrogens with zero attached hydrogens (tertiary/aromatic N) is 2. The van der Waals surface area contributed by atoms with Gasteiger partial charge in [0.1, 0.15) is 11.6 Å². The fraction of sp³-hybridized carbons (Fsp3) is 0. The minimum absolute atomic E-state index is 0.234. The van der Waals surface area contributed by atoms with Crippen molar-refractivity contribution in [3.05, 3.63) is 424 Å². The van der Waals surface area contributed by atoms with Gasteiger partial charge in [0.2, 0.25) is 0 Å². The summed E-state index contributed by atoms with van der Waals surface area (Å²) in [4.78, 5) is 0. The van der Waals surface area contributed by atoms with Crippen molar-refractivity contribution in [1.29, 1.82) is 0 Å². The number of hydrogen-bond donors (Lipinski definition) is 0. The first-order valence-electron chi connectivity index (χ1n) is 35.2. The normalized spacial score (nSPS) is 11.2. The van der Waals surface area contributed by atoms with Gasteiger partial charge in [-0.15, -0.1) is 0 Å². The van der Waals surface area contributed by atoms with E-state index >= 15 is 0 Å². The van der Waals surface area contributed by atoms with E-state index in [1.807, 2.05) is 18.2 Å². The SMILES string of the molecule is Fc1ccc(-c2ccc(-n3c(-c4ccccc4)c(-c4ccc(-c5ccccc5)cc4)c4cc(-c5ccc(-c6ccccc6)cc5)ccc43)cc2)cc1.Fc1cccc(-c2ccc(-n3c(-c4ccccc4)c(-c4ccc(-c5ccccc5)cc4)c4cc(-c5ccc(-c6ccccc6)cc5)ccc43)cc2)c1. The van der Waals surface area contributed by atoms with Crippen LogP contribution in [0.1, 0.15) is 0 Å². The van der Waals surface area contributed by atoms with Crippen molar-refractivity contribution in [2.75, 3.05) is 0 Å². The van der Waals surface area contributed by atoms with E-state index in [1.54, 1.807) is 12.1 Å². The molecule has 492 valence electrons. The van der Waals surface area contributed by atoms with Gasteiger partial charge in [-0.05, 0) is 184 Å². The van der Waals surface area contributed by atoms with Crippen LogP contribution < -0.4 is 0 Å². The van der Waals surface area contributed by atoms with Gasteiger partial charge in [0.25, 0.3) is 0 Å². The van der Waals surface area contributed by atoms with Gasteiger partial charge in [-0.25, -0.2) is 8.78 Å². The summed E-state index contributed by atoms with van der Waals surface area (Å²) in [5.41, 5.74) is 31.6. The summed E-state index contributed by atoms with van der Waals surface area (Å²) in [6.07, 6.45) is 0. The van der Waals surface area contributed by atoms with Crippen LogP contribution in [0, 0.1) is 11.6 Å². The Morgan fingerprint density at radius 3 is 0.673 bits per heavy atom. The number of halogens is 2. The highest BCUT2D eigenvalue weighted by atomic mass is 19.1. The Bertz CT molecular complexity index is 5980. The summed E-state index contributed by atoms with van der Waals surface area (Å²) in [6, 6.07) is 143. The maximum absolute atomic E-state index is 14.1. The number of benzene rings is 16. The molecule has 18 rings (SSSR count). The lowest BCUT2D eigenvalue weighted by Gasteiger charge is -2.14. The van der Waals surface area contributed by atoms with E-state index in [0.29, 0.717) is 0 Å². The second-order valence-electron chi connectivity index (χ2n) is 26.2. The third-order valence-corrected chi connectivity index (χ3v) is 19.8. The van der Waals surface area contributed by atoms with E-state index in [9.17, 15) is 8.78 Å². The maximum atomic E-state index is 14.1. The molecule has 0 bridgehead atoms. The Labute approximate surface area is 605 Å². The molecule has 0 aliphatic carbocycles. The lowest BCUT2D eigenvalue weighted by Crippen LogP contribution is -1.98. The predicted molar refractivity (Wildman–Crippen MR) is 432 cm³/mol. The van der Waals surface area contributed by atoms with E-state index in [1.165, 1.54) is 95.7 Å². The molecule has 0 saturated carbocycles. The van der Waals surface area contributed by atoms with Crippen molar-refractivity contribution in [1.82, 2.24) is 9.13 Å². The van der Waals surface area contributed by atoms with Gasteiger partial charge in [0.05, 0.1) is 22.4 Å². The highest BCUT2D eigenvalue weighted by molar-refractivity contribution is 6.09. The zero-order valence-electron chi connectivity index (χ0n) is 56.9. The standard InChI is InChI=1S/2C50H34FN/c51-45-18-10-17-43(33-45)40-27-30-46(31-28-40)52-48-32-29-44(39-21-19-37(20-22-39)35-11-4-1-5-12-35)34-47(48)49(50(52)42-15-8-3-9-16-42)41-25-23-38(24-26-41)36-13-6-2-7-14-36;51-45-29-24-39(25-30-45)40-26-31-46(32-27-40)52-48-33-28-44(41-18-16-37(17-19-41)35-10-4-1-5-11-35)34-47(48)49(50(52)43-14-8-3-9-15-43)42-22-20-38(21-23-42)36-12-6-2-7-13-36/h2*1-34H. The second kappa shape index (κ2) is 28.6. The number of rotatable bonds is 14. The molecule has 16 aromatic carbocycles. The Balaban J connectivity index is 0.000000154. The van der Waals surface area contributed by atoms with Crippen LogP contribution in [-0.4, -0.2) is 9.13 Å². The molecule has 2 heterocycles. The van der Waals surface area contributed by atoms with Gasteiger partial charge in [-0.3, -0.25) is 0 Å². The number of aromatic nitrogens is 2. The van der Waals surface area contributed by atoms with Crippen LogP contribution in [0.2, 0.25) is 0 Å². The fourth-order valence-electron chi connectivity index (χ4n) is 14.6. The molecule has 4 heteroatoms. The Kier molecular flexibility index (Phi) is 17.6. The van der Waals surface area contributed by atoms with Gasteiger partial charge < -0.3 is 9.13 Å². The molecule has 0 N–H and O–H groups in total. The van der Waals surface area contributed by atoms with Gasteiger partial charge >= 0.3 is 0 Å². The van der Waals surface area contributed by atoms with E-state index in [0.717, 1.165) is 89.4 Å². The molecule has 0 atom stereocenters. The van der Waals surface area contributed by atoms with Crippen molar-refractivity contribution < 1.29 is 8.78 Å². The molecule has 0 radical (unpaired) electrons. The summed E-state index contributed by atoms with van der Waals surface area (Å²) >= 11 is 0. The lowest BCUT2D eigenvalue weighted by molar-refractivity contribution is 0.627. The summed E-state index contributed by atoms with van der Waals surface area (Å²) in [6.45, 7) is 0. The van der Waals surface area contributed by atoms with Gasteiger partial charge in [-0.2, -0.15) is 0 Å². The highest BCUT2D eigenvalue weighted by Gasteiger charge is 2.25. The molecular formula is C100H68F2N2. The van der Waals surface area contributed by atoms with Crippen molar-refractivity contribution in [2.24, 2.45) is 0 Å². The monoisotopic (exact) mass is 1330 g/mol. The summed E-state index contributed by atoms with van der Waals surface area (Å²) in [7, 11) is 0. The molecule has 0 amide bonds. The van der Waals surface area contributed by atoms with Gasteiger partial charge in [0.15, 0.2) is 0 Å². The van der Waals surface area contributed by atoms with Crippen LogP contribution in [0.4, 0.5) is 8.78 Å². The average molecular weight is 1340 g/mol. The Morgan fingerprint density at radius 2 is 0.375 bits per heavy atom. The number of hydrogen-bond acceptors (Lipinski definition) is 0. The lowest BCUT2D eigenvalue weighted by atomic mass is 9.94. The van der Waals surface area contributed by atoms with Crippen LogP contribution in [0.25, 0.3) is 167 Å². The van der Waals surface area contributed by atoms with Crippen molar-refractivity contribution >= 4 is 21.8 Å². The molecule has 0 saturated heterocycles. The molecule has 18 aromatic rings. The first-order valence-corrected chi connectivity index (χ1v) is 35.2. The quantitative estimate of drug-likeness (QED) is 0.103. The average Bonchev–Trinajstić information content (AvgIpc) is 1.58. The highest BCUT2D eigenvalue weighted by Crippen LogP contribution is 2.47. The molecule has 0 aliphatic heterocycles. The van der Waals surface area contributed by atoms with Crippen molar-refractivity contribution in [2.45, 2.75) is 0 Å². The van der Waals surface area contributed by atoms with E-state index in [-0.39, 0.29) is 11.6 Å². The van der Waals surface area contributed by atoms with Crippen LogP contribution in [0.5, 0.6) is 0 Å². The first-order chi connectivity index (χ1) is 51.4. The van der Waals surface area contributed by atoms with Crippen LogP contribution in [0.3, 0.4) is 0 Å². The van der Waals surface area contributed by atoms with Crippen molar-refractivity contribution in [3.8, 4) is 145 Å². The zero-order valence-corrected chi connectivity index (χ0v) is 56.9. The van der Waals surface area contributed by atoms with Crippen LogP contribution in [-0.2, 0) is 0 Å². The molecule has 104 heavy (non-hydrogen) atoms. The largest absolute Gasteiger partial charge is 0.309 e. The smallest absolute Gasteiger partial charge is 0.123 e. The summed E-state index contributed by atoms with van der Waals surface area (Å²) < 4.78 is 32.6. The van der Waals surface area contributed by atoms with E-state index in [4.69, 9.17) is 0 Å². The first kappa shape index (κ1) is 63.9. The molecule has 0 fully saturated rings. The molecule has 0 unspecified atom stereocenters. The van der Waals surface area contributed by atoms with Gasteiger partial charge in [0, 0.05) is 33.3 Å². The fourth-order valence-corrected chi connectivity index (χ4v) is 14.6. The molecule has 2 aromatic heterocycles. The van der Waals surface area contributed by atoms with Crippen molar-refractivity contribution in [3.63, 3.8) is 0 Å². The predicted octanol–water partition coefficient (Wildman–Crippen LogP) is 27.5. The van der Waals surface area contributed by atoms with E-state index in [2.05, 4.69) is 373 Å². The van der Waals surface area contributed by atoms with E-state index < -0.39 is 0 Å².